The van der Waals surface area contributed by atoms with Crippen LogP contribution in [-0.2, 0) is 10.0 Å². The third kappa shape index (κ3) is 3.45. The molecule has 0 aliphatic carbocycles. The molecule has 0 N–H and O–H groups in total. The number of ether oxygens (including phenoxy) is 1. The minimum absolute atomic E-state index is 0.179. The van der Waals surface area contributed by atoms with Crippen LogP contribution in [0.25, 0.3) is 0 Å². The van der Waals surface area contributed by atoms with Crippen LogP contribution in [0.4, 0.5) is 0 Å². The Morgan fingerprint density at radius 1 is 1.00 bits per heavy atom. The van der Waals surface area contributed by atoms with E-state index in [2.05, 4.69) is 0 Å². The summed E-state index contributed by atoms with van der Waals surface area (Å²) in [7, 11) is -3.49. The van der Waals surface area contributed by atoms with Crippen LogP contribution < -0.4 is 4.74 Å². The summed E-state index contributed by atoms with van der Waals surface area (Å²) in [5.74, 6) is -0.328. The van der Waals surface area contributed by atoms with E-state index in [4.69, 9.17) is 16.3 Å². The van der Waals surface area contributed by atoms with Gasteiger partial charge in [0.15, 0.2) is 0 Å². The summed E-state index contributed by atoms with van der Waals surface area (Å²) in [4.78, 5) is 12.3. The van der Waals surface area contributed by atoms with Crippen LogP contribution in [0.1, 0.15) is 23.2 Å². The van der Waals surface area contributed by atoms with Gasteiger partial charge in [-0.15, -0.1) is 0 Å². The van der Waals surface area contributed by atoms with E-state index in [9.17, 15) is 13.2 Å². The van der Waals surface area contributed by atoms with E-state index in [0.29, 0.717) is 18.1 Å². The Morgan fingerprint density at radius 3 is 2.25 bits per heavy atom. The van der Waals surface area contributed by atoms with Gasteiger partial charge in [-0.25, -0.2) is 13.2 Å². The van der Waals surface area contributed by atoms with Crippen LogP contribution in [0, 0.1) is 0 Å². The lowest BCUT2D eigenvalue weighted by Crippen LogP contribution is -2.27. The summed E-state index contributed by atoms with van der Waals surface area (Å²) in [6, 6.07) is 12.4. The van der Waals surface area contributed by atoms with Gasteiger partial charge in [-0.3, -0.25) is 0 Å². The van der Waals surface area contributed by atoms with E-state index in [-0.39, 0.29) is 16.2 Å². The summed E-state index contributed by atoms with van der Waals surface area (Å²) in [6.45, 7) is 1.08. The van der Waals surface area contributed by atoms with Gasteiger partial charge in [0.1, 0.15) is 5.75 Å². The molecule has 0 radical (unpaired) electrons. The van der Waals surface area contributed by atoms with Crippen LogP contribution in [-0.4, -0.2) is 31.8 Å². The van der Waals surface area contributed by atoms with E-state index in [1.165, 1.54) is 28.6 Å². The summed E-state index contributed by atoms with van der Waals surface area (Å²) >= 11 is 5.95. The lowest BCUT2D eigenvalue weighted by atomic mass is 10.2. The van der Waals surface area contributed by atoms with Crippen LogP contribution in [0.3, 0.4) is 0 Å². The first-order valence-corrected chi connectivity index (χ1v) is 9.37. The Morgan fingerprint density at radius 2 is 1.62 bits per heavy atom. The number of para-hydroxylation sites is 1. The average molecular weight is 366 g/mol. The van der Waals surface area contributed by atoms with Crippen molar-refractivity contribution in [1.29, 1.82) is 0 Å². The molecule has 0 bridgehead atoms. The van der Waals surface area contributed by atoms with Crippen molar-refractivity contribution in [3.63, 3.8) is 0 Å². The van der Waals surface area contributed by atoms with Gasteiger partial charge in [0.05, 0.1) is 15.5 Å². The minimum Gasteiger partial charge on any atom is -0.421 e. The number of carbonyl (C=O) groups excluding carboxylic acids is 1. The number of hydrogen-bond acceptors (Lipinski definition) is 4. The predicted molar refractivity (Wildman–Crippen MR) is 90.8 cm³/mol. The molecule has 126 valence electrons. The molecule has 1 aliphatic rings. The third-order valence-corrected chi connectivity index (χ3v) is 6.06. The largest absolute Gasteiger partial charge is 0.421 e. The molecule has 0 saturated carbocycles. The molecule has 0 spiro atoms. The van der Waals surface area contributed by atoms with E-state index in [0.717, 1.165) is 12.8 Å². The fourth-order valence-electron chi connectivity index (χ4n) is 2.53. The molecule has 1 saturated heterocycles. The molecule has 3 rings (SSSR count). The molecular formula is C17H16ClNO4S. The highest BCUT2D eigenvalue weighted by Gasteiger charge is 2.27. The van der Waals surface area contributed by atoms with Crippen molar-refractivity contribution in [3.8, 4) is 5.75 Å². The lowest BCUT2D eigenvalue weighted by molar-refractivity contribution is 0.0734. The Bertz CT molecular complexity index is 843. The Hall–Kier alpha value is -1.89. The van der Waals surface area contributed by atoms with Crippen LogP contribution in [0.15, 0.2) is 53.4 Å². The van der Waals surface area contributed by atoms with Gasteiger partial charge in [0, 0.05) is 13.1 Å². The zero-order valence-corrected chi connectivity index (χ0v) is 14.4. The van der Waals surface area contributed by atoms with Crippen molar-refractivity contribution in [2.45, 2.75) is 17.7 Å². The normalized spacial score (nSPS) is 15.4. The highest BCUT2D eigenvalue weighted by atomic mass is 35.5. The number of carbonyl (C=O) groups is 1. The SMILES string of the molecule is O=C(Oc1ccccc1Cl)c1ccc(S(=O)(=O)N2CCCC2)cc1. The second kappa shape index (κ2) is 6.93. The van der Waals surface area contributed by atoms with Gasteiger partial charge >= 0.3 is 5.97 Å². The topological polar surface area (TPSA) is 63.7 Å². The van der Waals surface area contributed by atoms with Crippen molar-refractivity contribution in [3.05, 3.63) is 59.1 Å². The maximum atomic E-state index is 12.4. The number of esters is 1. The zero-order chi connectivity index (χ0) is 17.2. The van der Waals surface area contributed by atoms with E-state index in [1.807, 2.05) is 0 Å². The monoisotopic (exact) mass is 365 g/mol. The Kier molecular flexibility index (Phi) is 4.89. The Labute approximate surface area is 145 Å². The standard InChI is InChI=1S/C17H16ClNO4S/c18-15-5-1-2-6-16(15)23-17(20)13-7-9-14(10-8-13)24(21,22)19-11-3-4-12-19/h1-2,5-10H,3-4,11-12H2. The molecule has 1 fully saturated rings. The molecule has 2 aromatic rings. The number of halogens is 1. The molecule has 1 heterocycles. The van der Waals surface area contributed by atoms with Crippen molar-refractivity contribution in [2.24, 2.45) is 0 Å². The quantitative estimate of drug-likeness (QED) is 0.615. The highest BCUT2D eigenvalue weighted by molar-refractivity contribution is 7.89. The number of rotatable bonds is 4. The smallest absolute Gasteiger partial charge is 0.343 e. The fourth-order valence-corrected chi connectivity index (χ4v) is 4.22. The molecule has 24 heavy (non-hydrogen) atoms. The van der Waals surface area contributed by atoms with Crippen LogP contribution in [0.2, 0.25) is 5.02 Å². The fraction of sp³-hybridized carbons (Fsp3) is 0.235. The van der Waals surface area contributed by atoms with Crippen LogP contribution in [0.5, 0.6) is 5.75 Å². The van der Waals surface area contributed by atoms with Crippen molar-refractivity contribution >= 4 is 27.6 Å². The first kappa shape index (κ1) is 17.0. The summed E-state index contributed by atoms with van der Waals surface area (Å²) in [5, 5.41) is 0.332. The van der Waals surface area contributed by atoms with Gasteiger partial charge < -0.3 is 4.74 Å². The number of benzene rings is 2. The second-order valence-electron chi connectivity index (χ2n) is 5.46. The van der Waals surface area contributed by atoms with Gasteiger partial charge in [0.25, 0.3) is 0 Å². The van der Waals surface area contributed by atoms with Crippen LogP contribution >= 0.6 is 11.6 Å². The van der Waals surface area contributed by atoms with E-state index >= 15 is 0 Å². The molecule has 2 aromatic carbocycles. The number of nitrogens with zero attached hydrogens (tertiary/aromatic N) is 1. The maximum Gasteiger partial charge on any atom is 0.343 e. The first-order valence-electron chi connectivity index (χ1n) is 7.55. The molecule has 0 atom stereocenters. The van der Waals surface area contributed by atoms with E-state index in [1.54, 1.807) is 24.3 Å². The summed E-state index contributed by atoms with van der Waals surface area (Å²) in [6.07, 6.45) is 1.75. The molecule has 0 unspecified atom stereocenters. The molecule has 1 aliphatic heterocycles. The highest BCUT2D eigenvalue weighted by Crippen LogP contribution is 2.25. The minimum atomic E-state index is -3.49. The van der Waals surface area contributed by atoms with Crippen molar-refractivity contribution < 1.29 is 17.9 Å². The first-order chi connectivity index (χ1) is 11.5. The zero-order valence-electron chi connectivity index (χ0n) is 12.8. The third-order valence-electron chi connectivity index (χ3n) is 3.83. The van der Waals surface area contributed by atoms with Gasteiger partial charge in [-0.2, -0.15) is 4.31 Å². The van der Waals surface area contributed by atoms with Crippen molar-refractivity contribution in [1.82, 2.24) is 4.31 Å². The molecule has 0 aromatic heterocycles. The molecule has 5 nitrogen and oxygen atoms in total. The Balaban J connectivity index is 1.77. The van der Waals surface area contributed by atoms with Gasteiger partial charge in [-0.05, 0) is 49.2 Å². The number of hydrogen-bond donors (Lipinski definition) is 0. The molecule has 7 heteroatoms. The maximum absolute atomic E-state index is 12.4. The average Bonchev–Trinajstić information content (AvgIpc) is 3.12. The van der Waals surface area contributed by atoms with E-state index < -0.39 is 16.0 Å². The summed E-state index contributed by atoms with van der Waals surface area (Å²) < 4.78 is 31.6. The number of sulfonamides is 1. The lowest BCUT2D eigenvalue weighted by Gasteiger charge is -2.15. The molecule has 0 amide bonds. The second-order valence-corrected chi connectivity index (χ2v) is 7.80. The molecular weight excluding hydrogens is 350 g/mol. The predicted octanol–water partition coefficient (Wildman–Crippen LogP) is 3.34. The van der Waals surface area contributed by atoms with Crippen molar-refractivity contribution in [2.75, 3.05) is 13.1 Å². The van der Waals surface area contributed by atoms with Gasteiger partial charge in [-0.1, -0.05) is 23.7 Å². The van der Waals surface area contributed by atoms with Gasteiger partial charge in [0.2, 0.25) is 10.0 Å². The summed E-state index contributed by atoms with van der Waals surface area (Å²) in [5.41, 5.74) is 0.260.